The average Bonchev–Trinajstić information content (AvgIpc) is 3.23. The molecule has 0 spiro atoms. The number of aliphatic imine (C=N–C) groups is 1. The van der Waals surface area contributed by atoms with Crippen LogP contribution in [0.5, 0.6) is 0 Å². The van der Waals surface area contributed by atoms with Gasteiger partial charge >= 0.3 is 0 Å². The van der Waals surface area contributed by atoms with Gasteiger partial charge in [-0.1, -0.05) is 25.8 Å². The van der Waals surface area contributed by atoms with Crippen molar-refractivity contribution >= 4 is 35.6 Å². The summed E-state index contributed by atoms with van der Waals surface area (Å²) < 4.78 is 2.12. The van der Waals surface area contributed by atoms with E-state index in [4.69, 9.17) is 0 Å². The number of nitrogens with one attached hydrogen (secondary N) is 2. The zero-order valence-corrected chi connectivity index (χ0v) is 17.8. The van der Waals surface area contributed by atoms with E-state index in [1.54, 1.807) is 0 Å². The minimum absolute atomic E-state index is 0. The van der Waals surface area contributed by atoms with Gasteiger partial charge in [0.05, 0.1) is 12.2 Å². The van der Waals surface area contributed by atoms with E-state index in [2.05, 4.69) is 51.1 Å². The Labute approximate surface area is 167 Å². The fourth-order valence-electron chi connectivity index (χ4n) is 3.73. The van der Waals surface area contributed by atoms with Crippen LogP contribution in [0.1, 0.15) is 50.4 Å². The van der Waals surface area contributed by atoms with Crippen LogP contribution in [-0.4, -0.2) is 28.9 Å². The van der Waals surface area contributed by atoms with Crippen LogP contribution < -0.4 is 10.6 Å². The van der Waals surface area contributed by atoms with Crippen molar-refractivity contribution in [3.8, 4) is 0 Å². The van der Waals surface area contributed by atoms with E-state index in [0.29, 0.717) is 12.0 Å². The molecule has 2 heterocycles. The van der Waals surface area contributed by atoms with Crippen molar-refractivity contribution in [2.75, 3.05) is 13.6 Å². The lowest BCUT2D eigenvalue weighted by Gasteiger charge is -2.28. The molecule has 1 aliphatic rings. The van der Waals surface area contributed by atoms with Crippen molar-refractivity contribution < 1.29 is 0 Å². The molecule has 0 aromatic carbocycles. The van der Waals surface area contributed by atoms with E-state index < -0.39 is 0 Å². The third kappa shape index (κ3) is 4.65. The zero-order chi connectivity index (χ0) is 17.0. The molecule has 0 atom stereocenters. The van der Waals surface area contributed by atoms with Crippen LogP contribution in [0.15, 0.2) is 29.4 Å². The maximum Gasteiger partial charge on any atom is 0.191 e. The standard InChI is InChI=1S/C19H29N5.HI/c1-4-19(10-5-6-11-19)14-22-18(20-3)21-12-16-13-24-15(2)8-7-9-17(24)23-16;/h7-9,13H,4-6,10-12,14H2,1-3H3,(H2,20,21,22);1H. The molecule has 1 fully saturated rings. The van der Waals surface area contributed by atoms with Crippen LogP contribution in [0, 0.1) is 12.3 Å². The smallest absolute Gasteiger partial charge is 0.191 e. The van der Waals surface area contributed by atoms with Crippen molar-refractivity contribution in [2.24, 2.45) is 10.4 Å². The highest BCUT2D eigenvalue weighted by molar-refractivity contribution is 14.0. The van der Waals surface area contributed by atoms with Gasteiger partial charge in [0.25, 0.3) is 0 Å². The summed E-state index contributed by atoms with van der Waals surface area (Å²) in [6.07, 6.45) is 8.72. The second kappa shape index (κ2) is 8.87. The summed E-state index contributed by atoms with van der Waals surface area (Å²) in [6, 6.07) is 6.17. The Balaban J connectivity index is 0.00000225. The van der Waals surface area contributed by atoms with E-state index in [-0.39, 0.29) is 24.0 Å². The molecule has 25 heavy (non-hydrogen) atoms. The lowest BCUT2D eigenvalue weighted by atomic mass is 9.83. The van der Waals surface area contributed by atoms with Crippen molar-refractivity contribution in [1.82, 2.24) is 20.0 Å². The molecule has 2 N–H and O–H groups in total. The number of fused-ring (bicyclic) bond motifs is 1. The van der Waals surface area contributed by atoms with Crippen LogP contribution in [0.4, 0.5) is 0 Å². The number of aryl methyl sites for hydroxylation is 1. The summed E-state index contributed by atoms with van der Waals surface area (Å²) in [4.78, 5) is 9.03. The summed E-state index contributed by atoms with van der Waals surface area (Å²) in [6.45, 7) is 6.09. The van der Waals surface area contributed by atoms with Gasteiger partial charge in [-0.05, 0) is 43.7 Å². The van der Waals surface area contributed by atoms with Crippen molar-refractivity contribution in [3.63, 3.8) is 0 Å². The third-order valence-electron chi connectivity index (χ3n) is 5.45. The first-order valence-corrected chi connectivity index (χ1v) is 9.04. The van der Waals surface area contributed by atoms with E-state index in [1.807, 2.05) is 19.2 Å². The first-order valence-electron chi connectivity index (χ1n) is 9.04. The van der Waals surface area contributed by atoms with Gasteiger partial charge in [0.2, 0.25) is 0 Å². The highest BCUT2D eigenvalue weighted by Crippen LogP contribution is 2.40. The zero-order valence-electron chi connectivity index (χ0n) is 15.5. The van der Waals surface area contributed by atoms with E-state index in [9.17, 15) is 0 Å². The Bertz CT molecular complexity index is 716. The molecule has 0 radical (unpaired) electrons. The van der Waals surface area contributed by atoms with Gasteiger partial charge in [-0.2, -0.15) is 0 Å². The van der Waals surface area contributed by atoms with Crippen molar-refractivity contribution in [3.05, 3.63) is 35.8 Å². The summed E-state index contributed by atoms with van der Waals surface area (Å²) >= 11 is 0. The molecule has 0 aliphatic heterocycles. The Hall–Kier alpha value is -1.31. The molecule has 0 bridgehead atoms. The van der Waals surface area contributed by atoms with E-state index >= 15 is 0 Å². The fraction of sp³-hybridized carbons (Fsp3) is 0.579. The molecular weight excluding hydrogens is 425 g/mol. The Morgan fingerprint density at radius 2 is 2.04 bits per heavy atom. The van der Waals surface area contributed by atoms with E-state index in [1.165, 1.54) is 37.8 Å². The number of hydrogen-bond donors (Lipinski definition) is 2. The summed E-state index contributed by atoms with van der Waals surface area (Å²) in [5.74, 6) is 0.864. The molecule has 0 saturated heterocycles. The number of aromatic nitrogens is 2. The minimum atomic E-state index is 0. The first kappa shape index (κ1) is 20.0. The molecule has 3 rings (SSSR count). The number of nitrogens with zero attached hydrogens (tertiary/aromatic N) is 3. The minimum Gasteiger partial charge on any atom is -0.356 e. The van der Waals surface area contributed by atoms with Gasteiger partial charge in [-0.25, -0.2) is 4.98 Å². The molecule has 1 saturated carbocycles. The van der Waals surface area contributed by atoms with Crippen LogP contribution in [-0.2, 0) is 6.54 Å². The van der Waals surface area contributed by atoms with Gasteiger partial charge in [0, 0.05) is 25.5 Å². The van der Waals surface area contributed by atoms with Gasteiger partial charge in [-0.15, -0.1) is 24.0 Å². The van der Waals surface area contributed by atoms with E-state index in [0.717, 1.165) is 23.8 Å². The van der Waals surface area contributed by atoms with Crippen LogP contribution in [0.25, 0.3) is 5.65 Å². The normalized spacial score (nSPS) is 16.7. The summed E-state index contributed by atoms with van der Waals surface area (Å²) in [7, 11) is 1.83. The maximum absolute atomic E-state index is 4.66. The molecule has 6 heteroatoms. The number of pyridine rings is 1. The summed E-state index contributed by atoms with van der Waals surface area (Å²) in [5, 5.41) is 6.92. The van der Waals surface area contributed by atoms with Crippen molar-refractivity contribution in [2.45, 2.75) is 52.5 Å². The van der Waals surface area contributed by atoms with Gasteiger partial charge in [-0.3, -0.25) is 4.99 Å². The molecule has 0 amide bonds. The molecule has 2 aromatic heterocycles. The van der Waals surface area contributed by atoms with Crippen molar-refractivity contribution in [1.29, 1.82) is 0 Å². The Morgan fingerprint density at radius 1 is 1.28 bits per heavy atom. The number of rotatable bonds is 5. The van der Waals surface area contributed by atoms with Gasteiger partial charge in [0.1, 0.15) is 5.65 Å². The largest absolute Gasteiger partial charge is 0.356 e. The molecule has 1 aliphatic carbocycles. The van der Waals surface area contributed by atoms with Gasteiger partial charge in [0.15, 0.2) is 5.96 Å². The lowest BCUT2D eigenvalue weighted by molar-refractivity contribution is 0.283. The monoisotopic (exact) mass is 455 g/mol. The Morgan fingerprint density at radius 3 is 2.68 bits per heavy atom. The molecule has 2 aromatic rings. The second-order valence-corrected chi connectivity index (χ2v) is 6.97. The van der Waals surface area contributed by atoms with Crippen LogP contribution in [0.2, 0.25) is 0 Å². The SMILES string of the molecule is CCC1(CNC(=NC)NCc2cn3c(C)cccc3n2)CCCC1.I. The third-order valence-corrected chi connectivity index (χ3v) is 5.45. The lowest BCUT2D eigenvalue weighted by Crippen LogP contribution is -2.42. The number of halogens is 1. The molecule has 5 nitrogen and oxygen atoms in total. The topological polar surface area (TPSA) is 53.7 Å². The molecular formula is C19H30IN5. The molecule has 138 valence electrons. The number of guanidine groups is 1. The van der Waals surface area contributed by atoms with Gasteiger partial charge < -0.3 is 15.0 Å². The quantitative estimate of drug-likeness (QED) is 0.409. The first-order chi connectivity index (χ1) is 11.7. The maximum atomic E-state index is 4.66. The molecule has 0 unspecified atom stereocenters. The highest BCUT2D eigenvalue weighted by atomic mass is 127. The number of imidazole rings is 1. The second-order valence-electron chi connectivity index (χ2n) is 6.97. The van der Waals surface area contributed by atoms with Crippen LogP contribution in [0.3, 0.4) is 0 Å². The van der Waals surface area contributed by atoms with Crippen LogP contribution >= 0.6 is 24.0 Å². The summed E-state index contributed by atoms with van der Waals surface area (Å²) in [5.41, 5.74) is 3.67. The predicted octanol–water partition coefficient (Wildman–Crippen LogP) is 3.90. The highest BCUT2D eigenvalue weighted by Gasteiger charge is 2.31. The number of hydrogen-bond acceptors (Lipinski definition) is 2. The fourth-order valence-corrected chi connectivity index (χ4v) is 3.73. The predicted molar refractivity (Wildman–Crippen MR) is 115 cm³/mol. The average molecular weight is 455 g/mol. The Kier molecular flexibility index (Phi) is 7.10.